The molecule has 1 aliphatic carbocycles. The highest BCUT2D eigenvalue weighted by Gasteiger charge is 2.20. The van der Waals surface area contributed by atoms with E-state index in [-0.39, 0.29) is 0 Å². The van der Waals surface area contributed by atoms with Gasteiger partial charge in [0.25, 0.3) is 0 Å². The van der Waals surface area contributed by atoms with Crippen LogP contribution in [0, 0.1) is 5.92 Å². The molecule has 1 N–H and O–H groups in total. The van der Waals surface area contributed by atoms with Crippen LogP contribution < -0.4 is 5.32 Å². The number of hydrogen-bond donors (Lipinski definition) is 1. The molecule has 0 amide bonds. The third-order valence-corrected chi connectivity index (χ3v) is 4.41. The number of nitrogens with one attached hydrogen (secondary N) is 1. The van der Waals surface area contributed by atoms with Crippen LogP contribution in [-0.4, -0.2) is 6.04 Å². The van der Waals surface area contributed by atoms with E-state index in [9.17, 15) is 0 Å². The molecule has 1 aliphatic rings. The summed E-state index contributed by atoms with van der Waals surface area (Å²) in [6.07, 6.45) is 10.7. The van der Waals surface area contributed by atoms with Crippen molar-refractivity contribution in [2.45, 2.75) is 71.3 Å². The first kappa shape index (κ1) is 14.4. The molecule has 0 saturated heterocycles. The van der Waals surface area contributed by atoms with Crippen molar-refractivity contribution in [2.24, 2.45) is 5.92 Å². The summed E-state index contributed by atoms with van der Waals surface area (Å²) in [4.78, 5) is 0. The number of benzene rings is 1. The molecular weight excluding hydrogens is 230 g/mol. The fourth-order valence-electron chi connectivity index (χ4n) is 3.30. The Bertz CT molecular complexity index is 346. The van der Waals surface area contributed by atoms with Crippen molar-refractivity contribution in [3.8, 4) is 0 Å². The van der Waals surface area contributed by atoms with E-state index in [1.807, 2.05) is 0 Å². The molecule has 0 atom stereocenters. The van der Waals surface area contributed by atoms with E-state index in [1.54, 1.807) is 0 Å². The maximum Gasteiger partial charge on any atom is 0.0342 e. The average Bonchev–Trinajstić information content (AvgIpc) is 2.44. The topological polar surface area (TPSA) is 12.0 Å². The van der Waals surface area contributed by atoms with Crippen LogP contribution in [0.3, 0.4) is 0 Å². The van der Waals surface area contributed by atoms with Crippen molar-refractivity contribution in [1.29, 1.82) is 0 Å². The van der Waals surface area contributed by atoms with Gasteiger partial charge >= 0.3 is 0 Å². The van der Waals surface area contributed by atoms with Gasteiger partial charge in [0, 0.05) is 11.7 Å². The van der Waals surface area contributed by atoms with Crippen LogP contribution in [0.4, 0.5) is 5.69 Å². The summed E-state index contributed by atoms with van der Waals surface area (Å²) in [7, 11) is 0. The quantitative estimate of drug-likeness (QED) is 0.720. The van der Waals surface area contributed by atoms with Gasteiger partial charge in [0.1, 0.15) is 0 Å². The Morgan fingerprint density at radius 2 is 1.63 bits per heavy atom. The molecule has 1 aromatic carbocycles. The SMILES string of the molecule is CCCc1ccc(NC2CCC(CCC)CC2)cc1. The molecule has 0 aromatic heterocycles. The largest absolute Gasteiger partial charge is 0.382 e. The number of aryl methyl sites for hydroxylation is 1. The van der Waals surface area contributed by atoms with Crippen molar-refractivity contribution in [3.63, 3.8) is 0 Å². The molecule has 0 radical (unpaired) electrons. The lowest BCUT2D eigenvalue weighted by molar-refractivity contribution is 0.319. The number of rotatable bonds is 6. The molecule has 1 nitrogen and oxygen atoms in total. The van der Waals surface area contributed by atoms with E-state index in [0.29, 0.717) is 6.04 Å². The molecule has 2 rings (SSSR count). The van der Waals surface area contributed by atoms with Gasteiger partial charge < -0.3 is 5.32 Å². The van der Waals surface area contributed by atoms with E-state index in [4.69, 9.17) is 0 Å². The van der Waals surface area contributed by atoms with Gasteiger partial charge in [0.2, 0.25) is 0 Å². The van der Waals surface area contributed by atoms with Gasteiger partial charge in [-0.2, -0.15) is 0 Å². The number of anilines is 1. The van der Waals surface area contributed by atoms with E-state index < -0.39 is 0 Å². The normalized spacial score (nSPS) is 23.3. The summed E-state index contributed by atoms with van der Waals surface area (Å²) in [5.74, 6) is 0.995. The molecule has 0 unspecified atom stereocenters. The zero-order valence-corrected chi connectivity index (χ0v) is 12.6. The summed E-state index contributed by atoms with van der Waals surface area (Å²) in [5, 5.41) is 3.71. The second-order valence-corrected chi connectivity index (χ2v) is 6.10. The van der Waals surface area contributed by atoms with Crippen molar-refractivity contribution in [2.75, 3.05) is 5.32 Å². The molecule has 1 heteroatoms. The lowest BCUT2D eigenvalue weighted by Gasteiger charge is -2.29. The van der Waals surface area contributed by atoms with Crippen LogP contribution >= 0.6 is 0 Å². The molecule has 0 aliphatic heterocycles. The Morgan fingerprint density at radius 1 is 0.947 bits per heavy atom. The predicted octanol–water partition coefficient (Wildman–Crippen LogP) is 5.41. The smallest absolute Gasteiger partial charge is 0.0342 e. The minimum atomic E-state index is 0.699. The van der Waals surface area contributed by atoms with Crippen molar-refractivity contribution in [3.05, 3.63) is 29.8 Å². The van der Waals surface area contributed by atoms with E-state index in [0.717, 1.165) is 5.92 Å². The van der Waals surface area contributed by atoms with Crippen molar-refractivity contribution < 1.29 is 0 Å². The fourth-order valence-corrected chi connectivity index (χ4v) is 3.30. The maximum atomic E-state index is 3.71. The molecule has 19 heavy (non-hydrogen) atoms. The Hall–Kier alpha value is -0.980. The first-order valence-electron chi connectivity index (χ1n) is 8.17. The van der Waals surface area contributed by atoms with Crippen LogP contribution in [-0.2, 0) is 6.42 Å². The van der Waals surface area contributed by atoms with Crippen LogP contribution in [0.2, 0.25) is 0 Å². The van der Waals surface area contributed by atoms with Gasteiger partial charge in [-0.25, -0.2) is 0 Å². The van der Waals surface area contributed by atoms with Gasteiger partial charge in [-0.05, 0) is 55.7 Å². The minimum Gasteiger partial charge on any atom is -0.382 e. The van der Waals surface area contributed by atoms with Gasteiger partial charge in [-0.1, -0.05) is 45.2 Å². The summed E-state index contributed by atoms with van der Waals surface area (Å²) >= 11 is 0. The monoisotopic (exact) mass is 259 g/mol. The second kappa shape index (κ2) is 7.57. The van der Waals surface area contributed by atoms with Gasteiger partial charge in [-0.15, -0.1) is 0 Å². The predicted molar refractivity (Wildman–Crippen MR) is 84.7 cm³/mol. The highest BCUT2D eigenvalue weighted by atomic mass is 14.9. The van der Waals surface area contributed by atoms with Gasteiger partial charge in [0.15, 0.2) is 0 Å². The summed E-state index contributed by atoms with van der Waals surface area (Å²) < 4.78 is 0. The molecule has 0 spiro atoms. The Balaban J connectivity index is 1.78. The van der Waals surface area contributed by atoms with Crippen LogP contribution in [0.15, 0.2) is 24.3 Å². The average molecular weight is 259 g/mol. The molecule has 1 aromatic rings. The molecule has 0 heterocycles. The highest BCUT2D eigenvalue weighted by molar-refractivity contribution is 5.45. The third-order valence-electron chi connectivity index (χ3n) is 4.41. The standard InChI is InChI=1S/C18H29N/c1-3-5-15-7-11-17(12-8-15)19-18-13-9-16(6-4-2)10-14-18/h7-8,11-12,16,18-19H,3-6,9-10,13-14H2,1-2H3. The molecule has 0 bridgehead atoms. The zero-order valence-electron chi connectivity index (χ0n) is 12.6. The third kappa shape index (κ3) is 4.56. The van der Waals surface area contributed by atoms with Crippen molar-refractivity contribution >= 4 is 5.69 Å². The Morgan fingerprint density at radius 3 is 2.21 bits per heavy atom. The van der Waals surface area contributed by atoms with E-state index >= 15 is 0 Å². The van der Waals surface area contributed by atoms with E-state index in [1.165, 1.54) is 62.6 Å². The first-order valence-corrected chi connectivity index (χ1v) is 8.17. The molecule has 106 valence electrons. The minimum absolute atomic E-state index is 0.699. The summed E-state index contributed by atoms with van der Waals surface area (Å²) in [6.45, 7) is 4.54. The molecular formula is C18H29N. The summed E-state index contributed by atoms with van der Waals surface area (Å²) in [6, 6.07) is 9.75. The Labute approximate surface area is 118 Å². The van der Waals surface area contributed by atoms with Gasteiger partial charge in [-0.3, -0.25) is 0 Å². The van der Waals surface area contributed by atoms with Crippen LogP contribution in [0.1, 0.15) is 64.4 Å². The van der Waals surface area contributed by atoms with Gasteiger partial charge in [0.05, 0.1) is 0 Å². The highest BCUT2D eigenvalue weighted by Crippen LogP contribution is 2.29. The van der Waals surface area contributed by atoms with Crippen LogP contribution in [0.5, 0.6) is 0 Å². The first-order chi connectivity index (χ1) is 9.31. The number of hydrogen-bond acceptors (Lipinski definition) is 1. The fraction of sp³-hybridized carbons (Fsp3) is 0.667. The summed E-state index contributed by atoms with van der Waals surface area (Å²) in [5.41, 5.74) is 2.76. The van der Waals surface area contributed by atoms with Crippen molar-refractivity contribution in [1.82, 2.24) is 0 Å². The zero-order chi connectivity index (χ0) is 13.5. The maximum absolute atomic E-state index is 3.71. The lowest BCUT2D eigenvalue weighted by atomic mass is 9.83. The molecule has 1 fully saturated rings. The van der Waals surface area contributed by atoms with E-state index in [2.05, 4.69) is 43.4 Å². The second-order valence-electron chi connectivity index (χ2n) is 6.10. The Kier molecular flexibility index (Phi) is 5.75. The van der Waals surface area contributed by atoms with Crippen LogP contribution in [0.25, 0.3) is 0 Å². The molecule has 1 saturated carbocycles. The lowest BCUT2D eigenvalue weighted by Crippen LogP contribution is -2.26.